The quantitative estimate of drug-likeness (QED) is 0.766. The molecule has 0 aliphatic heterocycles. The largest absolute Gasteiger partial charge is 0.378 e. The van der Waals surface area contributed by atoms with Crippen LogP contribution in [0.5, 0.6) is 0 Å². The summed E-state index contributed by atoms with van der Waals surface area (Å²) in [6.07, 6.45) is 0. The zero-order valence-corrected chi connectivity index (χ0v) is 9.90. The molecule has 0 fully saturated rings. The van der Waals surface area contributed by atoms with Gasteiger partial charge in [-0.3, -0.25) is 0 Å². The minimum atomic E-state index is 0.622. The van der Waals surface area contributed by atoms with E-state index in [0.717, 1.165) is 11.4 Å². The van der Waals surface area contributed by atoms with E-state index in [-0.39, 0.29) is 0 Å². The number of H-pyrrole nitrogens is 1. The van der Waals surface area contributed by atoms with Gasteiger partial charge in [0.1, 0.15) is 0 Å². The van der Waals surface area contributed by atoms with E-state index in [2.05, 4.69) is 20.4 Å². The fraction of sp³-hybridized carbons (Fsp3) is 0.200. The molecule has 5 nitrogen and oxygen atoms in total. The standard InChI is InChI=1S/C10H11N5S/c1-15(2)9-5-3-8(4-6-9)12-14-10-13-11-7-16-10/h3-7H,1-2H3/p+1. The molecule has 1 N–H and O–H groups in total. The predicted octanol–water partition coefficient (Wildman–Crippen LogP) is 2.44. The first-order valence-electron chi connectivity index (χ1n) is 4.76. The Balaban J connectivity index is 2.11. The molecule has 82 valence electrons. The van der Waals surface area contributed by atoms with Gasteiger partial charge in [-0.1, -0.05) is 5.10 Å². The Labute approximate surface area is 97.5 Å². The molecule has 1 aromatic carbocycles. The Kier molecular flexibility index (Phi) is 3.21. The molecule has 0 spiro atoms. The summed E-state index contributed by atoms with van der Waals surface area (Å²) in [5.74, 6) is 0. The second kappa shape index (κ2) is 4.80. The van der Waals surface area contributed by atoms with Crippen molar-refractivity contribution in [2.45, 2.75) is 0 Å². The number of benzene rings is 1. The predicted molar refractivity (Wildman–Crippen MR) is 63.6 cm³/mol. The lowest BCUT2D eigenvalue weighted by atomic mass is 10.3. The molecule has 0 unspecified atom stereocenters. The van der Waals surface area contributed by atoms with Gasteiger partial charge in [-0.05, 0) is 35.6 Å². The van der Waals surface area contributed by atoms with E-state index in [1.165, 1.54) is 11.3 Å². The van der Waals surface area contributed by atoms with E-state index < -0.39 is 0 Å². The monoisotopic (exact) mass is 234 g/mol. The van der Waals surface area contributed by atoms with Gasteiger partial charge < -0.3 is 4.90 Å². The van der Waals surface area contributed by atoms with Crippen molar-refractivity contribution in [3.8, 4) is 0 Å². The molecule has 16 heavy (non-hydrogen) atoms. The van der Waals surface area contributed by atoms with Crippen LogP contribution in [0.25, 0.3) is 0 Å². The van der Waals surface area contributed by atoms with Crippen molar-refractivity contribution >= 4 is 27.8 Å². The number of nitrogens with one attached hydrogen (secondary N) is 1. The summed E-state index contributed by atoms with van der Waals surface area (Å²) in [6.45, 7) is 0. The van der Waals surface area contributed by atoms with Gasteiger partial charge in [0.2, 0.25) is 0 Å². The SMILES string of the molecule is CN(C)c1ccc(N=Nc2n[nH+]cs2)cc1. The summed E-state index contributed by atoms with van der Waals surface area (Å²) < 4.78 is 0. The van der Waals surface area contributed by atoms with Crippen LogP contribution in [-0.4, -0.2) is 19.2 Å². The van der Waals surface area contributed by atoms with Gasteiger partial charge in [0.15, 0.2) is 0 Å². The zero-order valence-electron chi connectivity index (χ0n) is 9.08. The Morgan fingerprint density at radius 1 is 1.19 bits per heavy atom. The van der Waals surface area contributed by atoms with Crippen LogP contribution in [0.15, 0.2) is 40.0 Å². The number of azo groups is 1. The number of aromatic amines is 1. The fourth-order valence-corrected chi connectivity index (χ4v) is 1.56. The molecule has 0 saturated heterocycles. The number of anilines is 1. The maximum atomic E-state index is 4.08. The molecule has 6 heteroatoms. The highest BCUT2D eigenvalue weighted by molar-refractivity contribution is 7.12. The Hall–Kier alpha value is -1.82. The maximum Gasteiger partial charge on any atom is 0.299 e. The summed E-state index contributed by atoms with van der Waals surface area (Å²) in [6, 6.07) is 7.86. The highest BCUT2D eigenvalue weighted by Crippen LogP contribution is 2.21. The van der Waals surface area contributed by atoms with Gasteiger partial charge in [-0.15, -0.1) is 10.2 Å². The molecule has 0 amide bonds. The second-order valence-corrected chi connectivity index (χ2v) is 4.21. The summed E-state index contributed by atoms with van der Waals surface area (Å²) >= 11 is 1.41. The number of hydrogen-bond donors (Lipinski definition) is 0. The van der Waals surface area contributed by atoms with Gasteiger partial charge in [0, 0.05) is 24.9 Å². The van der Waals surface area contributed by atoms with Crippen molar-refractivity contribution in [3.63, 3.8) is 0 Å². The molecule has 1 heterocycles. The summed E-state index contributed by atoms with van der Waals surface area (Å²) in [4.78, 5) is 2.04. The average Bonchev–Trinajstić information content (AvgIpc) is 2.80. The summed E-state index contributed by atoms with van der Waals surface area (Å²) in [5, 5.41) is 15.3. The van der Waals surface area contributed by atoms with E-state index in [0.29, 0.717) is 5.13 Å². The molecule has 0 aliphatic rings. The van der Waals surface area contributed by atoms with Gasteiger partial charge in [0.05, 0.1) is 5.69 Å². The van der Waals surface area contributed by atoms with Gasteiger partial charge in [-0.2, -0.15) is 0 Å². The van der Waals surface area contributed by atoms with E-state index in [1.807, 2.05) is 43.3 Å². The van der Waals surface area contributed by atoms with Crippen molar-refractivity contribution in [2.24, 2.45) is 10.2 Å². The lowest BCUT2D eigenvalue weighted by Gasteiger charge is -2.11. The highest BCUT2D eigenvalue weighted by atomic mass is 32.1. The van der Waals surface area contributed by atoms with Crippen LogP contribution < -0.4 is 10.00 Å². The Morgan fingerprint density at radius 2 is 1.94 bits per heavy atom. The van der Waals surface area contributed by atoms with Crippen molar-refractivity contribution in [1.29, 1.82) is 0 Å². The number of nitrogens with zero attached hydrogens (tertiary/aromatic N) is 4. The third-order valence-electron chi connectivity index (χ3n) is 1.99. The molecule has 0 saturated carbocycles. The minimum absolute atomic E-state index is 0.622. The van der Waals surface area contributed by atoms with Crippen LogP contribution in [0, 0.1) is 0 Å². The van der Waals surface area contributed by atoms with Gasteiger partial charge in [-0.25, -0.2) is 0 Å². The molecule has 2 rings (SSSR count). The Bertz CT molecular complexity index is 460. The smallest absolute Gasteiger partial charge is 0.299 e. The van der Waals surface area contributed by atoms with Crippen LogP contribution in [0.4, 0.5) is 16.5 Å². The van der Waals surface area contributed by atoms with Crippen LogP contribution >= 0.6 is 11.3 Å². The first-order chi connectivity index (χ1) is 7.75. The molecule has 0 bridgehead atoms. The third-order valence-corrected chi connectivity index (χ3v) is 2.60. The molecule has 0 radical (unpaired) electrons. The van der Waals surface area contributed by atoms with Crippen molar-refractivity contribution in [2.75, 3.05) is 19.0 Å². The summed E-state index contributed by atoms with van der Waals surface area (Å²) in [5.41, 5.74) is 3.71. The Morgan fingerprint density at radius 3 is 2.50 bits per heavy atom. The number of hydrogen-bond acceptors (Lipinski definition) is 5. The average molecular weight is 234 g/mol. The van der Waals surface area contributed by atoms with Crippen molar-refractivity contribution in [3.05, 3.63) is 29.8 Å². The number of aromatic nitrogens is 2. The first kappa shape index (κ1) is 10.7. The van der Waals surface area contributed by atoms with Crippen LogP contribution in [0.2, 0.25) is 0 Å². The lowest BCUT2D eigenvalue weighted by molar-refractivity contribution is -0.446. The number of rotatable bonds is 3. The summed E-state index contributed by atoms with van der Waals surface area (Å²) in [7, 11) is 4.00. The normalized spacial score (nSPS) is 10.9. The first-order valence-corrected chi connectivity index (χ1v) is 5.64. The van der Waals surface area contributed by atoms with Crippen LogP contribution in [0.3, 0.4) is 0 Å². The topological polar surface area (TPSA) is 55.0 Å². The molecular weight excluding hydrogens is 222 g/mol. The van der Waals surface area contributed by atoms with Gasteiger partial charge >= 0.3 is 0 Å². The van der Waals surface area contributed by atoms with E-state index in [4.69, 9.17) is 0 Å². The zero-order chi connectivity index (χ0) is 11.4. The lowest BCUT2D eigenvalue weighted by Crippen LogP contribution is -2.07. The molecule has 1 aromatic heterocycles. The van der Waals surface area contributed by atoms with Crippen LogP contribution in [-0.2, 0) is 0 Å². The van der Waals surface area contributed by atoms with E-state index in [1.54, 1.807) is 5.51 Å². The minimum Gasteiger partial charge on any atom is -0.378 e. The molecule has 2 aromatic rings. The third kappa shape index (κ3) is 2.60. The maximum absolute atomic E-state index is 4.08. The van der Waals surface area contributed by atoms with E-state index in [9.17, 15) is 0 Å². The van der Waals surface area contributed by atoms with Crippen molar-refractivity contribution < 1.29 is 5.10 Å². The van der Waals surface area contributed by atoms with Crippen molar-refractivity contribution in [1.82, 2.24) is 5.10 Å². The highest BCUT2D eigenvalue weighted by Gasteiger charge is 1.98. The van der Waals surface area contributed by atoms with Gasteiger partial charge in [0.25, 0.3) is 10.6 Å². The molecule has 0 aliphatic carbocycles. The fourth-order valence-electron chi connectivity index (χ4n) is 1.15. The second-order valence-electron chi connectivity index (χ2n) is 3.37. The molecular formula is C10H12N5S+. The molecule has 0 atom stereocenters. The van der Waals surface area contributed by atoms with Crippen LogP contribution in [0.1, 0.15) is 0 Å². The van der Waals surface area contributed by atoms with E-state index >= 15 is 0 Å².